The number of hydrogen-bond donors (Lipinski definition) is 0. The van der Waals surface area contributed by atoms with Crippen LogP contribution in [-0.2, 0) is 11.2 Å². The normalized spacial score (nSPS) is 11.0. The van der Waals surface area contributed by atoms with Gasteiger partial charge in [0.05, 0.1) is 6.54 Å². The first-order valence-electron chi connectivity index (χ1n) is 7.64. The molecule has 0 unspecified atom stereocenters. The summed E-state index contributed by atoms with van der Waals surface area (Å²) in [7, 11) is 0. The Morgan fingerprint density at radius 2 is 1.60 bits per heavy atom. The fourth-order valence-electron chi connectivity index (χ4n) is 2.17. The van der Waals surface area contributed by atoms with Gasteiger partial charge in [0.2, 0.25) is 0 Å². The van der Waals surface area contributed by atoms with Crippen LogP contribution in [0.25, 0.3) is 0 Å². The van der Waals surface area contributed by atoms with E-state index in [9.17, 15) is 9.18 Å². The van der Waals surface area contributed by atoms with Crippen LogP contribution in [0.1, 0.15) is 45.1 Å². The highest BCUT2D eigenvalue weighted by molar-refractivity contribution is 5.82. The summed E-state index contributed by atoms with van der Waals surface area (Å²) in [6, 6.07) is 6.20. The number of hydrogen-bond acceptors (Lipinski definition) is 2. The third-order valence-corrected chi connectivity index (χ3v) is 3.37. The Hall–Kier alpha value is -1.22. The molecule has 0 N–H and O–H groups in total. The fraction of sp³-hybridized carbons (Fsp3) is 0.588. The number of unbranched alkanes of at least 4 members (excludes halogenated alkanes) is 2. The van der Waals surface area contributed by atoms with E-state index in [4.69, 9.17) is 0 Å². The molecule has 0 bridgehead atoms. The van der Waals surface area contributed by atoms with Crippen molar-refractivity contribution in [2.24, 2.45) is 0 Å². The van der Waals surface area contributed by atoms with Crippen molar-refractivity contribution in [2.75, 3.05) is 19.6 Å². The van der Waals surface area contributed by atoms with E-state index in [1.807, 2.05) is 0 Å². The molecule has 0 saturated heterocycles. The summed E-state index contributed by atoms with van der Waals surface area (Å²) >= 11 is 0. The standard InChI is InChI=1S/C17H26FNO/c1-3-5-11-19(12-6-4-2)14-17(20)13-15-7-9-16(18)10-8-15/h7-10H,3-6,11-14H2,1-2H3. The highest BCUT2D eigenvalue weighted by Gasteiger charge is 2.10. The predicted molar refractivity (Wildman–Crippen MR) is 81.4 cm³/mol. The summed E-state index contributed by atoms with van der Waals surface area (Å²) in [5.74, 6) is -0.0440. The van der Waals surface area contributed by atoms with E-state index in [-0.39, 0.29) is 11.6 Å². The first-order valence-corrected chi connectivity index (χ1v) is 7.64. The Bertz CT molecular complexity index is 380. The number of halogens is 1. The second kappa shape index (κ2) is 9.65. The van der Waals surface area contributed by atoms with Crippen LogP contribution in [0.2, 0.25) is 0 Å². The van der Waals surface area contributed by atoms with E-state index < -0.39 is 0 Å². The third-order valence-electron chi connectivity index (χ3n) is 3.37. The molecule has 0 spiro atoms. The molecule has 1 aromatic rings. The second-order valence-electron chi connectivity index (χ2n) is 5.33. The first kappa shape index (κ1) is 16.8. The number of ketones is 1. The summed E-state index contributed by atoms with van der Waals surface area (Å²) < 4.78 is 12.8. The van der Waals surface area contributed by atoms with Crippen LogP contribution in [0.4, 0.5) is 4.39 Å². The highest BCUT2D eigenvalue weighted by atomic mass is 19.1. The van der Waals surface area contributed by atoms with Gasteiger partial charge in [-0.05, 0) is 43.6 Å². The summed E-state index contributed by atoms with van der Waals surface area (Å²) in [5.41, 5.74) is 0.891. The van der Waals surface area contributed by atoms with Gasteiger partial charge in [0.25, 0.3) is 0 Å². The molecule has 0 aliphatic carbocycles. The Labute approximate surface area is 122 Å². The molecule has 112 valence electrons. The van der Waals surface area contributed by atoms with Gasteiger partial charge in [-0.3, -0.25) is 9.69 Å². The molecule has 0 saturated carbocycles. The van der Waals surface area contributed by atoms with E-state index >= 15 is 0 Å². The van der Waals surface area contributed by atoms with Gasteiger partial charge < -0.3 is 0 Å². The van der Waals surface area contributed by atoms with Crippen molar-refractivity contribution in [3.05, 3.63) is 35.6 Å². The lowest BCUT2D eigenvalue weighted by Crippen LogP contribution is -2.32. The lowest BCUT2D eigenvalue weighted by Gasteiger charge is -2.21. The molecule has 0 radical (unpaired) electrons. The summed E-state index contributed by atoms with van der Waals surface area (Å²) in [6.07, 6.45) is 4.96. The number of carbonyl (C=O) groups excluding carboxylic acids is 1. The van der Waals surface area contributed by atoms with Crippen molar-refractivity contribution >= 4 is 5.78 Å². The van der Waals surface area contributed by atoms with Crippen LogP contribution in [-0.4, -0.2) is 30.3 Å². The molecule has 3 heteroatoms. The van der Waals surface area contributed by atoms with Crippen LogP contribution < -0.4 is 0 Å². The number of rotatable bonds is 10. The first-order chi connectivity index (χ1) is 9.65. The lowest BCUT2D eigenvalue weighted by atomic mass is 10.1. The quantitative estimate of drug-likeness (QED) is 0.648. The maximum Gasteiger partial charge on any atom is 0.151 e. The predicted octanol–water partition coefficient (Wildman–Crippen LogP) is 3.84. The molecule has 0 atom stereocenters. The maximum absolute atomic E-state index is 12.8. The van der Waals surface area contributed by atoms with Gasteiger partial charge in [0.15, 0.2) is 5.78 Å². The minimum atomic E-state index is -0.256. The zero-order chi connectivity index (χ0) is 14.8. The Balaban J connectivity index is 2.45. The molecule has 1 aromatic carbocycles. The molecule has 2 nitrogen and oxygen atoms in total. The summed E-state index contributed by atoms with van der Waals surface area (Å²) in [6.45, 7) is 6.82. The minimum Gasteiger partial charge on any atom is -0.298 e. The number of Topliss-reactive ketones (excluding diaryl/α,β-unsaturated/α-hetero) is 1. The number of carbonyl (C=O) groups is 1. The minimum absolute atomic E-state index is 0.212. The van der Waals surface area contributed by atoms with E-state index in [0.717, 1.165) is 44.3 Å². The largest absolute Gasteiger partial charge is 0.298 e. The Kier molecular flexibility index (Phi) is 8.12. The van der Waals surface area contributed by atoms with E-state index in [1.165, 1.54) is 12.1 Å². The molecule has 0 heterocycles. The monoisotopic (exact) mass is 279 g/mol. The molecule has 0 amide bonds. The number of nitrogens with zero attached hydrogens (tertiary/aromatic N) is 1. The third kappa shape index (κ3) is 6.80. The Morgan fingerprint density at radius 1 is 1.05 bits per heavy atom. The Morgan fingerprint density at radius 3 is 2.10 bits per heavy atom. The SMILES string of the molecule is CCCCN(CCCC)CC(=O)Cc1ccc(F)cc1. The zero-order valence-electron chi connectivity index (χ0n) is 12.7. The van der Waals surface area contributed by atoms with Crippen LogP contribution in [0.3, 0.4) is 0 Å². The molecular weight excluding hydrogens is 253 g/mol. The molecular formula is C17H26FNO. The van der Waals surface area contributed by atoms with Gasteiger partial charge in [-0.2, -0.15) is 0 Å². The van der Waals surface area contributed by atoms with E-state index in [1.54, 1.807) is 12.1 Å². The van der Waals surface area contributed by atoms with Crippen LogP contribution >= 0.6 is 0 Å². The average Bonchev–Trinajstić information content (AvgIpc) is 2.44. The van der Waals surface area contributed by atoms with Crippen molar-refractivity contribution in [1.82, 2.24) is 4.90 Å². The zero-order valence-corrected chi connectivity index (χ0v) is 12.7. The average molecular weight is 279 g/mol. The van der Waals surface area contributed by atoms with Crippen molar-refractivity contribution in [1.29, 1.82) is 0 Å². The van der Waals surface area contributed by atoms with Crippen molar-refractivity contribution in [3.63, 3.8) is 0 Å². The van der Waals surface area contributed by atoms with Gasteiger partial charge in [0, 0.05) is 6.42 Å². The van der Waals surface area contributed by atoms with Gasteiger partial charge in [0.1, 0.15) is 5.82 Å². The summed E-state index contributed by atoms with van der Waals surface area (Å²) in [4.78, 5) is 14.3. The van der Waals surface area contributed by atoms with Crippen LogP contribution in [0.15, 0.2) is 24.3 Å². The van der Waals surface area contributed by atoms with Crippen LogP contribution in [0, 0.1) is 5.82 Å². The molecule has 0 aromatic heterocycles. The van der Waals surface area contributed by atoms with E-state index in [0.29, 0.717) is 13.0 Å². The molecule has 1 rings (SSSR count). The summed E-state index contributed by atoms with van der Waals surface area (Å²) in [5, 5.41) is 0. The van der Waals surface area contributed by atoms with Gasteiger partial charge in [-0.25, -0.2) is 4.39 Å². The maximum atomic E-state index is 12.8. The van der Waals surface area contributed by atoms with Crippen molar-refractivity contribution in [2.45, 2.75) is 46.0 Å². The second-order valence-corrected chi connectivity index (χ2v) is 5.33. The van der Waals surface area contributed by atoms with Crippen molar-refractivity contribution < 1.29 is 9.18 Å². The van der Waals surface area contributed by atoms with Crippen LogP contribution in [0.5, 0.6) is 0 Å². The molecule has 20 heavy (non-hydrogen) atoms. The lowest BCUT2D eigenvalue weighted by molar-refractivity contribution is -0.119. The highest BCUT2D eigenvalue weighted by Crippen LogP contribution is 2.06. The van der Waals surface area contributed by atoms with E-state index in [2.05, 4.69) is 18.7 Å². The van der Waals surface area contributed by atoms with Gasteiger partial charge in [-0.1, -0.05) is 38.8 Å². The number of benzene rings is 1. The molecule has 0 aliphatic rings. The molecule has 0 aliphatic heterocycles. The van der Waals surface area contributed by atoms with Gasteiger partial charge in [-0.15, -0.1) is 0 Å². The molecule has 0 fully saturated rings. The fourth-order valence-corrected chi connectivity index (χ4v) is 2.17. The van der Waals surface area contributed by atoms with Gasteiger partial charge >= 0.3 is 0 Å². The topological polar surface area (TPSA) is 20.3 Å². The van der Waals surface area contributed by atoms with Crippen molar-refractivity contribution in [3.8, 4) is 0 Å². The smallest absolute Gasteiger partial charge is 0.151 e.